The van der Waals surface area contributed by atoms with Gasteiger partial charge in [0, 0.05) is 5.56 Å². The van der Waals surface area contributed by atoms with Crippen LogP contribution in [0.5, 0.6) is 0 Å². The molecule has 0 bridgehead atoms. The first-order chi connectivity index (χ1) is 13.4. The largest absolute Gasteiger partial charge is 0.271 e. The number of hydrogen-bond donors (Lipinski definition) is 1. The second-order valence-corrected chi connectivity index (χ2v) is 5.63. The lowest BCUT2D eigenvalue weighted by Crippen LogP contribution is -2.18. The molecule has 0 spiro atoms. The summed E-state index contributed by atoms with van der Waals surface area (Å²) in [4.78, 5) is 12.0. The molecule has 28 heavy (non-hydrogen) atoms. The monoisotopic (exact) mass is 390 g/mol. The Morgan fingerprint density at radius 2 is 1.21 bits per heavy atom. The molecule has 3 aromatic carbocycles. The summed E-state index contributed by atoms with van der Waals surface area (Å²) in [5.74, 6) is -11.3. The Labute approximate surface area is 156 Å². The van der Waals surface area contributed by atoms with Gasteiger partial charge in [-0.3, -0.25) is 4.79 Å². The lowest BCUT2D eigenvalue weighted by atomic mass is 10.0. The van der Waals surface area contributed by atoms with Crippen LogP contribution in [-0.2, 0) is 0 Å². The molecule has 0 heterocycles. The molecule has 1 amide bonds. The van der Waals surface area contributed by atoms with Crippen molar-refractivity contribution in [2.75, 3.05) is 0 Å². The average molecular weight is 390 g/mol. The van der Waals surface area contributed by atoms with E-state index < -0.39 is 40.6 Å². The van der Waals surface area contributed by atoms with Gasteiger partial charge >= 0.3 is 0 Å². The zero-order chi connectivity index (χ0) is 20.3. The molecule has 8 heteroatoms. The first kappa shape index (κ1) is 19.2. The highest BCUT2D eigenvalue weighted by molar-refractivity contribution is 5.95. The zero-order valence-corrected chi connectivity index (χ0v) is 14.0. The highest BCUT2D eigenvalue weighted by atomic mass is 19.2. The predicted molar refractivity (Wildman–Crippen MR) is 93.2 cm³/mol. The number of nitrogens with one attached hydrogen (secondary N) is 1. The van der Waals surface area contributed by atoms with Crippen LogP contribution in [0.4, 0.5) is 22.0 Å². The van der Waals surface area contributed by atoms with Gasteiger partial charge in [-0.2, -0.15) is 5.10 Å². The zero-order valence-electron chi connectivity index (χ0n) is 14.0. The second-order valence-electron chi connectivity index (χ2n) is 5.63. The fraction of sp³-hybridized carbons (Fsp3) is 0. The van der Waals surface area contributed by atoms with Crippen LogP contribution in [-0.4, -0.2) is 12.1 Å². The van der Waals surface area contributed by atoms with Crippen molar-refractivity contribution in [3.63, 3.8) is 0 Å². The molecule has 1 N–H and O–H groups in total. The smallest absolute Gasteiger partial charge is 0.267 e. The van der Waals surface area contributed by atoms with Crippen molar-refractivity contribution in [3.05, 3.63) is 94.8 Å². The van der Waals surface area contributed by atoms with Gasteiger partial charge in [0.2, 0.25) is 5.82 Å². The number of nitrogens with zero attached hydrogens (tertiary/aromatic N) is 1. The van der Waals surface area contributed by atoms with Crippen LogP contribution >= 0.6 is 0 Å². The molecule has 0 saturated heterocycles. The van der Waals surface area contributed by atoms with Crippen LogP contribution in [0.1, 0.15) is 15.9 Å². The predicted octanol–water partition coefficient (Wildman–Crippen LogP) is 4.81. The van der Waals surface area contributed by atoms with Crippen molar-refractivity contribution in [1.29, 1.82) is 0 Å². The maximum atomic E-state index is 13.5. The summed E-state index contributed by atoms with van der Waals surface area (Å²) in [7, 11) is 0. The molecule has 0 aliphatic heterocycles. The Kier molecular flexibility index (Phi) is 5.49. The molecule has 0 aromatic heterocycles. The van der Waals surface area contributed by atoms with E-state index in [1.807, 2.05) is 35.8 Å². The van der Waals surface area contributed by atoms with E-state index in [0.29, 0.717) is 6.21 Å². The van der Waals surface area contributed by atoms with Crippen molar-refractivity contribution in [1.82, 2.24) is 5.43 Å². The number of hydrazone groups is 1. The van der Waals surface area contributed by atoms with Crippen LogP contribution in [0.3, 0.4) is 0 Å². The first-order valence-corrected chi connectivity index (χ1v) is 7.90. The summed E-state index contributed by atoms with van der Waals surface area (Å²) < 4.78 is 66.3. The molecule has 0 aliphatic rings. The highest BCUT2D eigenvalue weighted by Crippen LogP contribution is 2.22. The van der Waals surface area contributed by atoms with Crippen molar-refractivity contribution in [2.24, 2.45) is 5.10 Å². The van der Waals surface area contributed by atoms with Crippen LogP contribution in [0.2, 0.25) is 0 Å². The summed E-state index contributed by atoms with van der Waals surface area (Å²) in [5.41, 5.74) is 2.72. The fourth-order valence-electron chi connectivity index (χ4n) is 2.40. The van der Waals surface area contributed by atoms with Crippen LogP contribution < -0.4 is 5.43 Å². The van der Waals surface area contributed by atoms with Gasteiger partial charge in [0.05, 0.1) is 11.8 Å². The Morgan fingerprint density at radius 1 is 0.714 bits per heavy atom. The maximum Gasteiger partial charge on any atom is 0.271 e. The van der Waals surface area contributed by atoms with Crippen molar-refractivity contribution >= 4 is 12.1 Å². The highest BCUT2D eigenvalue weighted by Gasteiger charge is 2.24. The molecular formula is C20H11F5N2O. The first-order valence-electron chi connectivity index (χ1n) is 7.90. The molecule has 3 aromatic rings. The number of hydrogen-bond acceptors (Lipinski definition) is 2. The van der Waals surface area contributed by atoms with E-state index in [1.54, 1.807) is 12.1 Å². The topological polar surface area (TPSA) is 41.5 Å². The number of benzene rings is 3. The third-order valence-electron chi connectivity index (χ3n) is 3.86. The quantitative estimate of drug-likeness (QED) is 0.224. The van der Waals surface area contributed by atoms with Gasteiger partial charge in [0.25, 0.3) is 5.91 Å². The van der Waals surface area contributed by atoms with E-state index in [4.69, 9.17) is 0 Å². The summed E-state index contributed by atoms with van der Waals surface area (Å²) in [5, 5.41) is 3.27. The summed E-state index contributed by atoms with van der Waals surface area (Å²) >= 11 is 0. The molecule has 0 aliphatic carbocycles. The Balaban J connectivity index is 1.74. The van der Waals surface area contributed by atoms with E-state index >= 15 is 0 Å². The second kappa shape index (κ2) is 7.99. The molecule has 0 fully saturated rings. The molecule has 0 unspecified atom stereocenters. The van der Waals surface area contributed by atoms with Crippen LogP contribution in [0, 0.1) is 29.1 Å². The molecular weight excluding hydrogens is 379 g/mol. The summed E-state index contributed by atoms with van der Waals surface area (Å²) in [6.07, 6.45) is 0.354. The minimum atomic E-state index is -2.27. The van der Waals surface area contributed by atoms with E-state index in [-0.39, 0.29) is 5.56 Å². The number of rotatable bonds is 4. The normalized spacial score (nSPS) is 11.0. The van der Waals surface area contributed by atoms with Gasteiger partial charge in [0.1, 0.15) is 0 Å². The van der Waals surface area contributed by atoms with Crippen molar-refractivity contribution < 1.29 is 26.7 Å². The van der Waals surface area contributed by atoms with Gasteiger partial charge in [-0.15, -0.1) is 0 Å². The van der Waals surface area contributed by atoms with Gasteiger partial charge in [-0.05, 0) is 23.3 Å². The molecule has 0 saturated carbocycles. The summed E-state index contributed by atoms with van der Waals surface area (Å²) in [6.45, 7) is 0. The van der Waals surface area contributed by atoms with Crippen molar-refractivity contribution in [3.8, 4) is 11.1 Å². The number of halogens is 5. The molecule has 3 rings (SSSR count). The minimum Gasteiger partial charge on any atom is -0.267 e. The maximum absolute atomic E-state index is 13.5. The molecule has 0 radical (unpaired) electrons. The van der Waals surface area contributed by atoms with Crippen LogP contribution in [0.15, 0.2) is 59.7 Å². The average Bonchev–Trinajstić information content (AvgIpc) is 2.74. The molecule has 142 valence electrons. The Bertz CT molecular complexity index is 1020. The molecule has 0 atom stereocenters. The Hall–Kier alpha value is -3.55. The third kappa shape index (κ3) is 3.75. The fourth-order valence-corrected chi connectivity index (χ4v) is 2.40. The van der Waals surface area contributed by atoms with E-state index in [9.17, 15) is 26.7 Å². The number of amides is 1. The van der Waals surface area contributed by atoms with Crippen LogP contribution in [0.25, 0.3) is 11.1 Å². The lowest BCUT2D eigenvalue weighted by molar-refractivity contribution is 0.0955. The number of carbonyl (C=O) groups is 1. The van der Waals surface area contributed by atoms with Crippen molar-refractivity contribution in [2.45, 2.75) is 0 Å². The van der Waals surface area contributed by atoms with Gasteiger partial charge in [0.15, 0.2) is 23.3 Å². The molecule has 3 nitrogen and oxygen atoms in total. The van der Waals surface area contributed by atoms with Gasteiger partial charge in [-0.1, -0.05) is 42.5 Å². The minimum absolute atomic E-state index is 0.189. The van der Waals surface area contributed by atoms with E-state index in [2.05, 4.69) is 5.10 Å². The standard InChI is InChI=1S/C20H11F5N2O/c21-15-14(16(22)18(24)19(25)17(15)23)10-26-27-20(28)13-8-6-12(7-9-13)11-4-2-1-3-5-11/h1-10H,(H,27,28)/b26-10-. The Morgan fingerprint density at radius 3 is 1.79 bits per heavy atom. The summed E-state index contributed by atoms with van der Waals surface area (Å²) in [6, 6.07) is 15.8. The van der Waals surface area contributed by atoms with Gasteiger partial charge < -0.3 is 0 Å². The van der Waals surface area contributed by atoms with Gasteiger partial charge in [-0.25, -0.2) is 27.4 Å². The number of carbonyl (C=O) groups excluding carboxylic acids is 1. The lowest BCUT2D eigenvalue weighted by Gasteiger charge is -2.05. The van der Waals surface area contributed by atoms with E-state index in [0.717, 1.165) is 11.1 Å². The van der Waals surface area contributed by atoms with E-state index in [1.165, 1.54) is 12.1 Å². The SMILES string of the molecule is O=C(N/N=C\c1c(F)c(F)c(F)c(F)c1F)c1ccc(-c2ccccc2)cc1. The third-order valence-corrected chi connectivity index (χ3v) is 3.86.